The van der Waals surface area contributed by atoms with Crippen LogP contribution in [0.3, 0.4) is 0 Å². The molecule has 0 unspecified atom stereocenters. The Kier molecular flexibility index (Phi) is 5.49. The first-order valence-corrected chi connectivity index (χ1v) is 8.78. The molecule has 0 atom stereocenters. The number of ketones is 2. The number of carbonyl (C=O) groups is 2. The largest absolute Gasteiger partial charge is 0.508 e. The van der Waals surface area contributed by atoms with Gasteiger partial charge in [-0.1, -0.05) is 40.2 Å². The number of halogens is 1. The van der Waals surface area contributed by atoms with Crippen LogP contribution in [0.5, 0.6) is 5.75 Å². The van der Waals surface area contributed by atoms with Crippen molar-refractivity contribution in [2.75, 3.05) is 0 Å². The minimum Gasteiger partial charge on any atom is -0.508 e. The average Bonchev–Trinajstić information content (AvgIpc) is 3.08. The topological polar surface area (TPSA) is 70.2 Å². The van der Waals surface area contributed by atoms with Gasteiger partial charge in [0, 0.05) is 16.2 Å². The van der Waals surface area contributed by atoms with E-state index in [0.29, 0.717) is 5.56 Å². The van der Waals surface area contributed by atoms with Crippen molar-refractivity contribution in [2.45, 2.75) is 6.42 Å². The van der Waals surface area contributed by atoms with E-state index in [0.717, 1.165) is 20.9 Å². The molecule has 3 aromatic rings. The Labute approximate surface area is 159 Å². The Balaban J connectivity index is 1.60. The van der Waals surface area contributed by atoms with Crippen molar-refractivity contribution >= 4 is 50.6 Å². The van der Waals surface area contributed by atoms with Gasteiger partial charge in [-0.25, -0.2) is 0 Å². The highest BCUT2D eigenvalue weighted by Crippen LogP contribution is 2.23. The number of phenolic OH excluding ortho intramolecular Hbond substituents is 1. The highest BCUT2D eigenvalue weighted by Gasteiger charge is 2.05. The molecule has 0 saturated heterocycles. The van der Waals surface area contributed by atoms with Gasteiger partial charge in [0.2, 0.25) is 0 Å². The van der Waals surface area contributed by atoms with Crippen LogP contribution in [0.15, 0.2) is 65.3 Å². The number of allylic oxidation sites excluding steroid dienone is 2. The van der Waals surface area contributed by atoms with Crippen molar-refractivity contribution in [3.05, 3.63) is 76.4 Å². The summed E-state index contributed by atoms with van der Waals surface area (Å²) in [6.45, 7) is 0. The molecule has 3 rings (SSSR count). The van der Waals surface area contributed by atoms with Gasteiger partial charge in [0.05, 0.1) is 6.42 Å². The molecule has 2 N–H and O–H groups in total. The number of benzene rings is 2. The first-order chi connectivity index (χ1) is 12.5. The monoisotopic (exact) mass is 409 g/mol. The molecule has 4 nitrogen and oxygen atoms in total. The molecule has 1 aromatic heterocycles. The van der Waals surface area contributed by atoms with Crippen LogP contribution in [0.25, 0.3) is 23.1 Å². The van der Waals surface area contributed by atoms with Crippen LogP contribution in [0.1, 0.15) is 17.5 Å². The smallest absolute Gasteiger partial charge is 0.163 e. The highest BCUT2D eigenvalue weighted by atomic mass is 79.9. The van der Waals surface area contributed by atoms with Crippen LogP contribution in [0.2, 0.25) is 0 Å². The lowest BCUT2D eigenvalue weighted by Crippen LogP contribution is -2.01. The van der Waals surface area contributed by atoms with E-state index in [1.54, 1.807) is 24.3 Å². The van der Waals surface area contributed by atoms with E-state index in [1.165, 1.54) is 18.2 Å². The Morgan fingerprint density at radius 3 is 2.58 bits per heavy atom. The summed E-state index contributed by atoms with van der Waals surface area (Å²) in [5.74, 6) is -0.450. The summed E-state index contributed by atoms with van der Waals surface area (Å²) < 4.78 is 0.755. The third kappa shape index (κ3) is 4.58. The predicted molar refractivity (Wildman–Crippen MR) is 107 cm³/mol. The molecule has 1 heterocycles. The van der Waals surface area contributed by atoms with E-state index in [4.69, 9.17) is 0 Å². The molecule has 0 aliphatic rings. The molecular weight excluding hydrogens is 394 g/mol. The van der Waals surface area contributed by atoms with E-state index in [9.17, 15) is 14.7 Å². The number of aromatic amines is 1. The number of fused-ring (bicyclic) bond motifs is 1. The average molecular weight is 410 g/mol. The third-order valence-corrected chi connectivity index (χ3v) is 4.54. The first-order valence-electron chi connectivity index (χ1n) is 7.99. The van der Waals surface area contributed by atoms with E-state index in [-0.39, 0.29) is 23.7 Å². The predicted octanol–water partition coefficient (Wildman–Crippen LogP) is 4.89. The Morgan fingerprint density at radius 1 is 1.00 bits per heavy atom. The summed E-state index contributed by atoms with van der Waals surface area (Å²) in [4.78, 5) is 27.0. The molecular formula is C21H16BrNO3. The molecule has 0 spiro atoms. The molecule has 26 heavy (non-hydrogen) atoms. The van der Waals surface area contributed by atoms with Gasteiger partial charge in [-0.05, 0) is 59.0 Å². The Bertz CT molecular complexity index is 1030. The number of phenols is 1. The maximum absolute atomic E-state index is 12.0. The lowest BCUT2D eigenvalue weighted by atomic mass is 10.1. The number of aromatic nitrogens is 1. The minimum absolute atomic E-state index is 0.110. The molecule has 0 aliphatic carbocycles. The minimum atomic E-state index is -0.297. The van der Waals surface area contributed by atoms with Gasteiger partial charge in [-0.2, -0.15) is 0 Å². The fourth-order valence-electron chi connectivity index (χ4n) is 2.49. The van der Waals surface area contributed by atoms with Crippen LogP contribution < -0.4 is 0 Å². The Hall–Kier alpha value is -2.92. The second-order valence-electron chi connectivity index (χ2n) is 5.81. The van der Waals surface area contributed by atoms with E-state index in [1.807, 2.05) is 30.5 Å². The standard InChI is InChI=1S/C21H16BrNO3/c22-20-8-7-17(24)12-16(20)4-6-19(26)13-18(25)5-2-14-1-3-15-9-10-23-21(15)11-14/h1-12,23-24H,13H2/b5-2+,6-4+. The lowest BCUT2D eigenvalue weighted by molar-refractivity contribution is -0.121. The van der Waals surface area contributed by atoms with Gasteiger partial charge in [-0.3, -0.25) is 9.59 Å². The molecule has 0 amide bonds. The van der Waals surface area contributed by atoms with Crippen LogP contribution >= 0.6 is 15.9 Å². The van der Waals surface area contributed by atoms with Crippen molar-refractivity contribution < 1.29 is 14.7 Å². The number of hydrogen-bond acceptors (Lipinski definition) is 3. The van der Waals surface area contributed by atoms with Gasteiger partial charge in [0.25, 0.3) is 0 Å². The number of rotatable bonds is 6. The van der Waals surface area contributed by atoms with E-state index >= 15 is 0 Å². The van der Waals surface area contributed by atoms with Crippen LogP contribution in [-0.2, 0) is 9.59 Å². The fourth-order valence-corrected chi connectivity index (χ4v) is 2.87. The SMILES string of the molecule is O=C(/C=C/c1ccc2cc[nH]c2c1)CC(=O)/C=C/c1cc(O)ccc1Br. The van der Waals surface area contributed by atoms with Crippen molar-refractivity contribution in [1.29, 1.82) is 0 Å². The molecule has 0 fully saturated rings. The quantitative estimate of drug-likeness (QED) is 0.449. The zero-order chi connectivity index (χ0) is 18.5. The van der Waals surface area contributed by atoms with Crippen LogP contribution in [-0.4, -0.2) is 21.7 Å². The summed E-state index contributed by atoms with van der Waals surface area (Å²) in [5.41, 5.74) is 2.55. The van der Waals surface area contributed by atoms with Crippen LogP contribution in [0, 0.1) is 0 Å². The zero-order valence-corrected chi connectivity index (χ0v) is 15.4. The first kappa shape index (κ1) is 17.9. The van der Waals surface area contributed by atoms with Crippen molar-refractivity contribution in [2.24, 2.45) is 0 Å². The molecule has 5 heteroatoms. The second-order valence-corrected chi connectivity index (χ2v) is 6.66. The molecule has 0 saturated carbocycles. The number of aromatic hydroxyl groups is 1. The summed E-state index contributed by atoms with van der Waals surface area (Å²) in [6.07, 6.45) is 7.69. The summed E-state index contributed by atoms with van der Waals surface area (Å²) in [7, 11) is 0. The van der Waals surface area contributed by atoms with E-state index < -0.39 is 0 Å². The van der Waals surface area contributed by atoms with Gasteiger partial charge >= 0.3 is 0 Å². The normalized spacial score (nSPS) is 11.6. The maximum atomic E-state index is 12.0. The third-order valence-electron chi connectivity index (χ3n) is 3.82. The molecule has 0 bridgehead atoms. The van der Waals surface area contributed by atoms with Gasteiger partial charge in [0.1, 0.15) is 5.75 Å². The number of nitrogens with one attached hydrogen (secondary N) is 1. The van der Waals surface area contributed by atoms with Crippen molar-refractivity contribution in [1.82, 2.24) is 4.98 Å². The maximum Gasteiger partial charge on any atom is 0.163 e. The highest BCUT2D eigenvalue weighted by molar-refractivity contribution is 9.10. The number of hydrogen-bond donors (Lipinski definition) is 2. The molecule has 0 radical (unpaired) electrons. The number of H-pyrrole nitrogens is 1. The fraction of sp³-hybridized carbons (Fsp3) is 0.0476. The second kappa shape index (κ2) is 7.97. The van der Waals surface area contributed by atoms with Crippen molar-refractivity contribution in [3.8, 4) is 5.75 Å². The van der Waals surface area contributed by atoms with E-state index in [2.05, 4.69) is 20.9 Å². The summed E-state index contributed by atoms with van der Waals surface area (Å²) >= 11 is 3.34. The molecule has 2 aromatic carbocycles. The van der Waals surface area contributed by atoms with Crippen LogP contribution in [0.4, 0.5) is 0 Å². The molecule has 130 valence electrons. The van der Waals surface area contributed by atoms with Gasteiger partial charge < -0.3 is 10.1 Å². The van der Waals surface area contributed by atoms with Gasteiger partial charge in [-0.15, -0.1) is 0 Å². The Morgan fingerprint density at radius 2 is 1.77 bits per heavy atom. The lowest BCUT2D eigenvalue weighted by Gasteiger charge is -1.99. The summed E-state index contributed by atoms with van der Waals surface area (Å²) in [6, 6.07) is 12.6. The van der Waals surface area contributed by atoms with Crippen molar-refractivity contribution in [3.63, 3.8) is 0 Å². The van der Waals surface area contributed by atoms with Gasteiger partial charge in [0.15, 0.2) is 11.6 Å². The summed E-state index contributed by atoms with van der Waals surface area (Å²) in [5, 5.41) is 10.6. The number of carbonyl (C=O) groups excluding carboxylic acids is 2. The zero-order valence-electron chi connectivity index (χ0n) is 13.8. The molecule has 0 aliphatic heterocycles.